The van der Waals surface area contributed by atoms with Gasteiger partial charge in [-0.25, -0.2) is 4.98 Å². The van der Waals surface area contributed by atoms with Crippen molar-refractivity contribution in [3.8, 4) is 11.5 Å². The molecule has 3 aromatic rings. The van der Waals surface area contributed by atoms with Crippen LogP contribution in [0.15, 0.2) is 48.5 Å². The van der Waals surface area contributed by atoms with Crippen LogP contribution < -0.4 is 20.5 Å². The molecule has 1 aromatic heterocycles. The standard InChI is InChI=1S/C18H21N5O2/c1-24-14-9-8-12(10-15(14)25-2)17(19)18-21-16(22-23-18)11-20-13-6-4-3-5-7-13/h3-10,17,20H,11,19H2,1-2H3,(H,21,22,23)/t17-/m1/s1. The summed E-state index contributed by atoms with van der Waals surface area (Å²) in [5.74, 6) is 2.52. The van der Waals surface area contributed by atoms with E-state index in [2.05, 4.69) is 20.5 Å². The smallest absolute Gasteiger partial charge is 0.171 e. The largest absolute Gasteiger partial charge is 0.493 e. The molecule has 0 bridgehead atoms. The number of ether oxygens (including phenoxy) is 2. The summed E-state index contributed by atoms with van der Waals surface area (Å²) in [6.45, 7) is 0.537. The van der Waals surface area contributed by atoms with E-state index < -0.39 is 6.04 Å². The summed E-state index contributed by atoms with van der Waals surface area (Å²) in [7, 11) is 3.19. The predicted molar refractivity (Wildman–Crippen MR) is 95.7 cm³/mol. The second-order valence-electron chi connectivity index (χ2n) is 5.45. The van der Waals surface area contributed by atoms with Gasteiger partial charge in [0.15, 0.2) is 17.3 Å². The van der Waals surface area contributed by atoms with Gasteiger partial charge >= 0.3 is 0 Å². The normalized spacial score (nSPS) is 11.8. The molecular formula is C18H21N5O2. The summed E-state index contributed by atoms with van der Waals surface area (Å²) in [6.07, 6.45) is 0. The van der Waals surface area contributed by atoms with Gasteiger partial charge in [-0.3, -0.25) is 5.10 Å². The molecule has 0 saturated carbocycles. The van der Waals surface area contributed by atoms with Gasteiger partial charge in [0.25, 0.3) is 0 Å². The zero-order valence-corrected chi connectivity index (χ0v) is 14.2. The monoisotopic (exact) mass is 339 g/mol. The fraction of sp³-hybridized carbons (Fsp3) is 0.222. The molecule has 0 aliphatic heterocycles. The third kappa shape index (κ3) is 3.89. The fourth-order valence-corrected chi connectivity index (χ4v) is 2.47. The second-order valence-corrected chi connectivity index (χ2v) is 5.45. The zero-order chi connectivity index (χ0) is 17.6. The molecule has 7 heteroatoms. The number of H-pyrrole nitrogens is 1. The summed E-state index contributed by atoms with van der Waals surface area (Å²) in [5.41, 5.74) is 8.15. The van der Waals surface area contributed by atoms with Crippen molar-refractivity contribution in [2.75, 3.05) is 19.5 Å². The first-order valence-electron chi connectivity index (χ1n) is 7.89. The van der Waals surface area contributed by atoms with Gasteiger partial charge in [0.05, 0.1) is 26.8 Å². The van der Waals surface area contributed by atoms with E-state index in [0.717, 1.165) is 17.1 Å². The first-order chi connectivity index (χ1) is 12.2. The lowest BCUT2D eigenvalue weighted by Gasteiger charge is -2.12. The van der Waals surface area contributed by atoms with Crippen LogP contribution in [0, 0.1) is 0 Å². The number of nitrogens with two attached hydrogens (primary N) is 1. The van der Waals surface area contributed by atoms with E-state index in [-0.39, 0.29) is 0 Å². The number of nitrogens with one attached hydrogen (secondary N) is 2. The molecule has 0 aliphatic carbocycles. The van der Waals surface area contributed by atoms with Crippen LogP contribution in [0.25, 0.3) is 0 Å². The number of anilines is 1. The van der Waals surface area contributed by atoms with Gasteiger partial charge in [-0.15, -0.1) is 0 Å². The number of para-hydroxylation sites is 1. The minimum absolute atomic E-state index is 0.457. The Hall–Kier alpha value is -3.06. The number of benzene rings is 2. The summed E-state index contributed by atoms with van der Waals surface area (Å²) in [6, 6.07) is 15.0. The molecular weight excluding hydrogens is 318 g/mol. The number of hydrogen-bond acceptors (Lipinski definition) is 6. The van der Waals surface area contributed by atoms with Crippen molar-refractivity contribution in [2.45, 2.75) is 12.6 Å². The molecule has 0 saturated heterocycles. The zero-order valence-electron chi connectivity index (χ0n) is 14.2. The number of nitrogens with zero attached hydrogens (tertiary/aromatic N) is 2. The SMILES string of the molecule is COc1ccc([C@@H](N)c2n[nH]c(CNc3ccccc3)n2)cc1OC. The van der Waals surface area contributed by atoms with E-state index in [1.165, 1.54) is 0 Å². The molecule has 0 radical (unpaired) electrons. The molecule has 0 amide bonds. The summed E-state index contributed by atoms with van der Waals surface area (Å²) < 4.78 is 10.6. The van der Waals surface area contributed by atoms with E-state index in [1.54, 1.807) is 14.2 Å². The fourth-order valence-electron chi connectivity index (χ4n) is 2.47. The molecule has 0 aliphatic rings. The molecule has 130 valence electrons. The van der Waals surface area contributed by atoms with E-state index in [9.17, 15) is 0 Å². The van der Waals surface area contributed by atoms with Crippen LogP contribution in [-0.2, 0) is 6.54 Å². The highest BCUT2D eigenvalue weighted by Gasteiger charge is 2.16. The van der Waals surface area contributed by atoms with Crippen LogP contribution in [0.3, 0.4) is 0 Å². The molecule has 2 aromatic carbocycles. The Morgan fingerprint density at radius 2 is 1.84 bits per heavy atom. The van der Waals surface area contributed by atoms with Gasteiger partial charge in [-0.2, -0.15) is 5.10 Å². The first-order valence-corrected chi connectivity index (χ1v) is 7.89. The molecule has 7 nitrogen and oxygen atoms in total. The van der Waals surface area contributed by atoms with Crippen LogP contribution in [0.2, 0.25) is 0 Å². The highest BCUT2D eigenvalue weighted by atomic mass is 16.5. The van der Waals surface area contributed by atoms with Crippen molar-refractivity contribution < 1.29 is 9.47 Å². The van der Waals surface area contributed by atoms with Crippen molar-refractivity contribution in [3.63, 3.8) is 0 Å². The number of aromatic amines is 1. The minimum Gasteiger partial charge on any atom is -0.493 e. The highest BCUT2D eigenvalue weighted by Crippen LogP contribution is 2.30. The number of methoxy groups -OCH3 is 2. The Balaban J connectivity index is 1.71. The Bertz CT molecular complexity index is 819. The number of rotatable bonds is 7. The average molecular weight is 339 g/mol. The quantitative estimate of drug-likeness (QED) is 0.612. The average Bonchev–Trinajstić information content (AvgIpc) is 3.15. The molecule has 25 heavy (non-hydrogen) atoms. The van der Waals surface area contributed by atoms with E-state index in [4.69, 9.17) is 15.2 Å². The molecule has 4 N–H and O–H groups in total. The Morgan fingerprint density at radius 1 is 1.08 bits per heavy atom. The van der Waals surface area contributed by atoms with E-state index in [0.29, 0.717) is 23.9 Å². The van der Waals surface area contributed by atoms with Crippen molar-refractivity contribution in [2.24, 2.45) is 5.73 Å². The molecule has 3 rings (SSSR count). The Kier molecular flexibility index (Phi) is 5.15. The maximum atomic E-state index is 6.29. The Labute approximate surface area is 146 Å². The lowest BCUT2D eigenvalue weighted by molar-refractivity contribution is 0.354. The van der Waals surface area contributed by atoms with Gasteiger partial charge in [0, 0.05) is 5.69 Å². The van der Waals surface area contributed by atoms with Crippen molar-refractivity contribution in [3.05, 3.63) is 65.7 Å². The van der Waals surface area contributed by atoms with Crippen LogP contribution in [0.4, 0.5) is 5.69 Å². The maximum absolute atomic E-state index is 6.29. The van der Waals surface area contributed by atoms with Gasteiger partial charge in [-0.05, 0) is 29.8 Å². The summed E-state index contributed by atoms with van der Waals surface area (Å²) >= 11 is 0. The van der Waals surface area contributed by atoms with E-state index >= 15 is 0 Å². The van der Waals surface area contributed by atoms with Crippen LogP contribution in [0.1, 0.15) is 23.3 Å². The highest BCUT2D eigenvalue weighted by molar-refractivity contribution is 5.45. The van der Waals surface area contributed by atoms with Crippen molar-refractivity contribution in [1.29, 1.82) is 0 Å². The van der Waals surface area contributed by atoms with E-state index in [1.807, 2.05) is 48.5 Å². The third-order valence-electron chi connectivity index (χ3n) is 3.83. The summed E-state index contributed by atoms with van der Waals surface area (Å²) in [5, 5.41) is 10.4. The molecule has 1 heterocycles. The topological polar surface area (TPSA) is 98.1 Å². The summed E-state index contributed by atoms with van der Waals surface area (Å²) in [4.78, 5) is 4.47. The van der Waals surface area contributed by atoms with Crippen LogP contribution in [-0.4, -0.2) is 29.4 Å². The third-order valence-corrected chi connectivity index (χ3v) is 3.83. The molecule has 0 unspecified atom stereocenters. The van der Waals surface area contributed by atoms with Crippen molar-refractivity contribution in [1.82, 2.24) is 15.2 Å². The second kappa shape index (κ2) is 7.67. The number of aromatic nitrogens is 3. The van der Waals surface area contributed by atoms with Gasteiger partial charge in [0.1, 0.15) is 5.82 Å². The maximum Gasteiger partial charge on any atom is 0.171 e. The van der Waals surface area contributed by atoms with Crippen LogP contribution >= 0.6 is 0 Å². The predicted octanol–water partition coefficient (Wildman–Crippen LogP) is 2.48. The first kappa shape index (κ1) is 16.8. The van der Waals surface area contributed by atoms with Crippen molar-refractivity contribution >= 4 is 5.69 Å². The lowest BCUT2D eigenvalue weighted by Crippen LogP contribution is -2.14. The molecule has 1 atom stereocenters. The van der Waals surface area contributed by atoms with Crippen LogP contribution in [0.5, 0.6) is 11.5 Å². The minimum atomic E-state index is -0.457. The van der Waals surface area contributed by atoms with Gasteiger partial charge in [0.2, 0.25) is 0 Å². The molecule has 0 fully saturated rings. The lowest BCUT2D eigenvalue weighted by atomic mass is 10.1. The van der Waals surface area contributed by atoms with Gasteiger partial charge in [-0.1, -0.05) is 24.3 Å². The molecule has 0 spiro atoms. The van der Waals surface area contributed by atoms with Gasteiger partial charge < -0.3 is 20.5 Å². The number of hydrogen-bond donors (Lipinski definition) is 3. The Morgan fingerprint density at radius 3 is 2.56 bits per heavy atom.